The number of aromatic nitrogens is 2. The SMILES string of the molecule is CC(C)Cc1ccccc1Cn1cc(N=S(C)(C)=O)cn1. The Morgan fingerprint density at radius 2 is 1.90 bits per heavy atom. The van der Waals surface area contributed by atoms with Gasteiger partial charge in [0.1, 0.15) is 5.69 Å². The monoisotopic (exact) mass is 305 g/mol. The molecular formula is C16H23N3OS. The minimum atomic E-state index is -2.14. The Kier molecular flexibility index (Phi) is 4.83. The van der Waals surface area contributed by atoms with E-state index in [0.29, 0.717) is 18.2 Å². The van der Waals surface area contributed by atoms with Crippen LogP contribution in [0, 0.1) is 5.92 Å². The summed E-state index contributed by atoms with van der Waals surface area (Å²) < 4.78 is 17.7. The van der Waals surface area contributed by atoms with Gasteiger partial charge < -0.3 is 0 Å². The van der Waals surface area contributed by atoms with E-state index in [1.165, 1.54) is 11.1 Å². The molecule has 0 fully saturated rings. The standard InChI is InChI=1S/C16H23N3OS/c1-13(2)9-14-7-5-6-8-15(14)11-19-12-16(10-17-19)18-21(3,4)20/h5-8,10,12-13H,9,11H2,1-4H3. The van der Waals surface area contributed by atoms with Crippen molar-refractivity contribution in [2.24, 2.45) is 10.3 Å². The second kappa shape index (κ2) is 6.43. The van der Waals surface area contributed by atoms with Crippen LogP contribution in [0.5, 0.6) is 0 Å². The van der Waals surface area contributed by atoms with E-state index in [2.05, 4.69) is 47.6 Å². The van der Waals surface area contributed by atoms with E-state index in [0.717, 1.165) is 6.42 Å². The predicted octanol–water partition coefficient (Wildman–Crippen LogP) is 3.49. The summed E-state index contributed by atoms with van der Waals surface area (Å²) in [6.07, 6.45) is 7.83. The second-order valence-corrected chi connectivity index (χ2v) is 8.58. The van der Waals surface area contributed by atoms with Crippen LogP contribution in [0.15, 0.2) is 41.0 Å². The Morgan fingerprint density at radius 3 is 2.52 bits per heavy atom. The normalized spacial score (nSPS) is 11.9. The first-order valence-corrected chi connectivity index (χ1v) is 9.43. The van der Waals surface area contributed by atoms with Crippen LogP contribution < -0.4 is 0 Å². The first-order chi connectivity index (χ1) is 9.83. The molecule has 0 radical (unpaired) electrons. The van der Waals surface area contributed by atoms with Gasteiger partial charge in [-0.3, -0.25) is 4.68 Å². The maximum absolute atomic E-state index is 11.7. The quantitative estimate of drug-likeness (QED) is 0.849. The molecule has 0 saturated carbocycles. The molecule has 0 N–H and O–H groups in total. The van der Waals surface area contributed by atoms with Crippen LogP contribution in [0.2, 0.25) is 0 Å². The highest BCUT2D eigenvalue weighted by Crippen LogP contribution is 2.17. The van der Waals surface area contributed by atoms with Crippen molar-refractivity contribution in [2.75, 3.05) is 12.5 Å². The predicted molar refractivity (Wildman–Crippen MR) is 88.4 cm³/mol. The maximum Gasteiger partial charge on any atom is 0.111 e. The number of hydrogen-bond donors (Lipinski definition) is 0. The molecule has 0 aliphatic heterocycles. The van der Waals surface area contributed by atoms with E-state index in [9.17, 15) is 4.21 Å². The highest BCUT2D eigenvalue weighted by atomic mass is 32.2. The highest BCUT2D eigenvalue weighted by Gasteiger charge is 2.06. The summed E-state index contributed by atoms with van der Waals surface area (Å²) in [5.74, 6) is 0.624. The fourth-order valence-corrected chi connectivity index (χ4v) is 2.87. The number of rotatable bonds is 5. The second-order valence-electron chi connectivity index (χ2n) is 6.04. The summed E-state index contributed by atoms with van der Waals surface area (Å²) in [7, 11) is -2.14. The van der Waals surface area contributed by atoms with Gasteiger partial charge in [0, 0.05) is 22.2 Å². The van der Waals surface area contributed by atoms with Crippen molar-refractivity contribution in [3.8, 4) is 0 Å². The van der Waals surface area contributed by atoms with E-state index < -0.39 is 9.73 Å². The molecule has 0 amide bonds. The summed E-state index contributed by atoms with van der Waals surface area (Å²) in [5, 5.41) is 4.31. The molecule has 2 aromatic rings. The Hall–Kier alpha value is -1.62. The molecule has 1 aromatic carbocycles. The smallest absolute Gasteiger partial charge is 0.111 e. The van der Waals surface area contributed by atoms with Gasteiger partial charge in [0.15, 0.2) is 0 Å². The Balaban J connectivity index is 2.21. The molecule has 21 heavy (non-hydrogen) atoms. The lowest BCUT2D eigenvalue weighted by molar-refractivity contribution is 0.628. The number of hydrogen-bond acceptors (Lipinski definition) is 3. The molecule has 2 rings (SSSR count). The molecule has 0 unspecified atom stereocenters. The highest BCUT2D eigenvalue weighted by molar-refractivity contribution is 7.92. The van der Waals surface area contributed by atoms with Crippen LogP contribution in [0.4, 0.5) is 5.69 Å². The van der Waals surface area contributed by atoms with Gasteiger partial charge in [-0.15, -0.1) is 0 Å². The van der Waals surface area contributed by atoms with E-state index in [1.807, 2.05) is 10.9 Å². The van der Waals surface area contributed by atoms with Crippen LogP contribution in [0.3, 0.4) is 0 Å². The molecule has 0 aliphatic rings. The van der Waals surface area contributed by atoms with Crippen LogP contribution in [-0.2, 0) is 22.7 Å². The molecule has 114 valence electrons. The fourth-order valence-electron chi connectivity index (χ4n) is 2.27. The summed E-state index contributed by atoms with van der Waals surface area (Å²) in [6, 6.07) is 8.45. The first-order valence-electron chi connectivity index (χ1n) is 7.10. The molecule has 1 aromatic heterocycles. The Labute approximate surface area is 127 Å². The Morgan fingerprint density at radius 1 is 1.24 bits per heavy atom. The minimum Gasteiger partial charge on any atom is -0.266 e. The zero-order valence-electron chi connectivity index (χ0n) is 13.1. The minimum absolute atomic E-state index is 0.624. The topological polar surface area (TPSA) is 47.2 Å². The van der Waals surface area contributed by atoms with E-state index >= 15 is 0 Å². The summed E-state index contributed by atoms with van der Waals surface area (Å²) in [4.78, 5) is 0. The van der Waals surface area contributed by atoms with Crippen LogP contribution in [0.25, 0.3) is 0 Å². The van der Waals surface area contributed by atoms with Crippen molar-refractivity contribution in [1.82, 2.24) is 9.78 Å². The summed E-state index contributed by atoms with van der Waals surface area (Å²) in [6.45, 7) is 5.16. The lowest BCUT2D eigenvalue weighted by atomic mass is 9.98. The summed E-state index contributed by atoms with van der Waals surface area (Å²) >= 11 is 0. The molecule has 0 spiro atoms. The molecule has 5 heteroatoms. The third kappa shape index (κ3) is 5.01. The molecule has 1 heterocycles. The average Bonchev–Trinajstić information content (AvgIpc) is 2.76. The molecule has 0 atom stereocenters. The van der Waals surface area contributed by atoms with Crippen molar-refractivity contribution in [2.45, 2.75) is 26.8 Å². The third-order valence-electron chi connectivity index (χ3n) is 3.02. The lowest BCUT2D eigenvalue weighted by Gasteiger charge is -2.11. The molecule has 0 bridgehead atoms. The maximum atomic E-state index is 11.7. The molecular weight excluding hydrogens is 282 g/mol. The zero-order valence-corrected chi connectivity index (χ0v) is 13.9. The fraction of sp³-hybridized carbons (Fsp3) is 0.438. The van der Waals surface area contributed by atoms with Gasteiger partial charge in [0.25, 0.3) is 0 Å². The van der Waals surface area contributed by atoms with Gasteiger partial charge in [-0.1, -0.05) is 38.1 Å². The van der Waals surface area contributed by atoms with Gasteiger partial charge in [0.2, 0.25) is 0 Å². The number of nitrogens with zero attached hydrogens (tertiary/aromatic N) is 3. The first kappa shape index (κ1) is 15.8. The van der Waals surface area contributed by atoms with E-state index in [1.54, 1.807) is 18.7 Å². The lowest BCUT2D eigenvalue weighted by Crippen LogP contribution is -2.05. The Bertz CT molecular complexity index is 717. The third-order valence-corrected chi connectivity index (χ3v) is 3.67. The van der Waals surface area contributed by atoms with Gasteiger partial charge >= 0.3 is 0 Å². The average molecular weight is 305 g/mol. The van der Waals surface area contributed by atoms with Crippen molar-refractivity contribution < 1.29 is 4.21 Å². The van der Waals surface area contributed by atoms with E-state index in [-0.39, 0.29) is 0 Å². The van der Waals surface area contributed by atoms with Crippen LogP contribution in [0.1, 0.15) is 25.0 Å². The van der Waals surface area contributed by atoms with E-state index in [4.69, 9.17) is 0 Å². The summed E-state index contributed by atoms with van der Waals surface area (Å²) in [5.41, 5.74) is 3.30. The molecule has 4 nitrogen and oxygen atoms in total. The van der Waals surface area contributed by atoms with Crippen LogP contribution in [-0.4, -0.2) is 26.5 Å². The largest absolute Gasteiger partial charge is 0.266 e. The van der Waals surface area contributed by atoms with Crippen molar-refractivity contribution in [3.05, 3.63) is 47.8 Å². The van der Waals surface area contributed by atoms with Crippen LogP contribution >= 0.6 is 0 Å². The van der Waals surface area contributed by atoms with Gasteiger partial charge in [-0.2, -0.15) is 9.46 Å². The zero-order chi connectivity index (χ0) is 15.5. The number of benzene rings is 1. The molecule has 0 aliphatic carbocycles. The van der Waals surface area contributed by atoms with Gasteiger partial charge in [-0.05, 0) is 23.5 Å². The van der Waals surface area contributed by atoms with Crippen molar-refractivity contribution in [1.29, 1.82) is 0 Å². The van der Waals surface area contributed by atoms with Crippen molar-refractivity contribution >= 4 is 15.4 Å². The van der Waals surface area contributed by atoms with Gasteiger partial charge in [0.05, 0.1) is 18.9 Å². The van der Waals surface area contributed by atoms with Crippen molar-refractivity contribution in [3.63, 3.8) is 0 Å². The van der Waals surface area contributed by atoms with Gasteiger partial charge in [-0.25, -0.2) is 4.21 Å². The molecule has 0 saturated heterocycles.